The van der Waals surface area contributed by atoms with E-state index in [0.717, 1.165) is 50.2 Å². The topological polar surface area (TPSA) is 105 Å². The third kappa shape index (κ3) is 2.38. The number of nitrogens with two attached hydrogens (primary N) is 2. The van der Waals surface area contributed by atoms with Crippen LogP contribution in [0.2, 0.25) is 0 Å². The van der Waals surface area contributed by atoms with Gasteiger partial charge in [0.25, 0.3) is 0 Å². The Balaban J connectivity index is 2.29. The molecule has 3 aromatic heterocycles. The van der Waals surface area contributed by atoms with Gasteiger partial charge >= 0.3 is 0 Å². The van der Waals surface area contributed by atoms with Crippen molar-refractivity contribution in [2.75, 3.05) is 18.6 Å². The highest BCUT2D eigenvalue weighted by Gasteiger charge is 2.22. The predicted octanol–water partition coefficient (Wildman–Crippen LogP) is 3.38. The predicted molar refractivity (Wildman–Crippen MR) is 108 cm³/mol. The van der Waals surface area contributed by atoms with Gasteiger partial charge in [-0.05, 0) is 51.0 Å². The molecule has 4 rings (SSSR count). The van der Waals surface area contributed by atoms with Gasteiger partial charge in [0.1, 0.15) is 17.2 Å². The summed E-state index contributed by atoms with van der Waals surface area (Å²) >= 11 is 0. The number of methoxy groups -OCH3 is 1. The number of aromatic nitrogens is 4. The number of hydrogen-bond acceptors (Lipinski definition) is 6. The Hall–Kier alpha value is -3.35. The van der Waals surface area contributed by atoms with Crippen LogP contribution in [0.15, 0.2) is 18.2 Å². The molecule has 3 heterocycles. The minimum absolute atomic E-state index is 0.135. The van der Waals surface area contributed by atoms with Crippen LogP contribution >= 0.6 is 0 Å². The summed E-state index contributed by atoms with van der Waals surface area (Å²) in [6.45, 7) is 8.09. The monoisotopic (exact) mass is 362 g/mol. The smallest absolute Gasteiger partial charge is 0.224 e. The molecule has 0 saturated heterocycles. The van der Waals surface area contributed by atoms with Crippen molar-refractivity contribution in [3.63, 3.8) is 0 Å². The fourth-order valence-electron chi connectivity index (χ4n) is 3.65. The second kappa shape index (κ2) is 5.84. The lowest BCUT2D eigenvalue weighted by Gasteiger charge is -2.16. The summed E-state index contributed by atoms with van der Waals surface area (Å²) in [5, 5.41) is 1.67. The highest BCUT2D eigenvalue weighted by molar-refractivity contribution is 6.12. The lowest BCUT2D eigenvalue weighted by Crippen LogP contribution is -2.06. The molecule has 7 nitrogen and oxygen atoms in total. The van der Waals surface area contributed by atoms with E-state index in [0.29, 0.717) is 11.5 Å². The molecule has 4 aromatic rings. The van der Waals surface area contributed by atoms with Crippen molar-refractivity contribution >= 4 is 33.8 Å². The zero-order valence-electron chi connectivity index (χ0n) is 16.1. The Labute approximate surface area is 157 Å². The number of hydrogen-bond donors (Lipinski definition) is 2. The van der Waals surface area contributed by atoms with E-state index in [2.05, 4.69) is 16.0 Å². The number of nitrogen functional groups attached to an aromatic ring is 2. The largest absolute Gasteiger partial charge is 0.496 e. The van der Waals surface area contributed by atoms with Gasteiger partial charge in [0.2, 0.25) is 5.95 Å². The first kappa shape index (κ1) is 17.1. The molecule has 0 aliphatic rings. The molecule has 0 atom stereocenters. The summed E-state index contributed by atoms with van der Waals surface area (Å²) in [4.78, 5) is 13.5. The molecule has 1 aromatic carbocycles. The Kier molecular flexibility index (Phi) is 3.69. The molecule has 0 aliphatic heterocycles. The average molecular weight is 362 g/mol. The lowest BCUT2D eigenvalue weighted by atomic mass is 10.1. The molecular weight excluding hydrogens is 340 g/mol. The quantitative estimate of drug-likeness (QED) is 0.566. The Morgan fingerprint density at radius 2 is 1.67 bits per heavy atom. The normalized spacial score (nSPS) is 11.4. The van der Waals surface area contributed by atoms with Crippen LogP contribution < -0.4 is 16.2 Å². The molecule has 0 bridgehead atoms. The van der Waals surface area contributed by atoms with Gasteiger partial charge in [0.05, 0.1) is 18.2 Å². The van der Waals surface area contributed by atoms with Crippen LogP contribution in [0.4, 0.5) is 11.8 Å². The molecule has 0 amide bonds. The van der Waals surface area contributed by atoms with Crippen LogP contribution in [-0.4, -0.2) is 26.6 Å². The van der Waals surface area contributed by atoms with E-state index in [9.17, 15) is 0 Å². The second-order valence-electron chi connectivity index (χ2n) is 6.82. The third-order valence-electron chi connectivity index (χ3n) is 5.10. The van der Waals surface area contributed by atoms with Gasteiger partial charge < -0.3 is 16.2 Å². The maximum atomic E-state index is 6.24. The first-order valence-corrected chi connectivity index (χ1v) is 8.69. The van der Waals surface area contributed by atoms with Gasteiger partial charge in [-0.3, -0.25) is 4.57 Å². The standard InChI is InChI=1S/C20H22N6O/c1-9-6-7-14(27-5)11(3)16(9)26-18-13(8-10(2)12(4)23-18)15-17(21)24-20(22)25-19(15)26/h6-8H,1-5H3,(H4,21,22,24,25). The number of fused-ring (bicyclic) bond motifs is 3. The number of aryl methyl sites for hydroxylation is 3. The van der Waals surface area contributed by atoms with Crippen molar-refractivity contribution in [3.8, 4) is 11.4 Å². The molecular formula is C20H22N6O. The highest BCUT2D eigenvalue weighted by atomic mass is 16.5. The van der Waals surface area contributed by atoms with Gasteiger partial charge in [0.15, 0.2) is 5.65 Å². The van der Waals surface area contributed by atoms with Crippen molar-refractivity contribution in [2.24, 2.45) is 0 Å². The molecule has 0 radical (unpaired) electrons. The van der Waals surface area contributed by atoms with Gasteiger partial charge in [-0.2, -0.15) is 9.97 Å². The van der Waals surface area contributed by atoms with E-state index in [1.165, 1.54) is 0 Å². The van der Waals surface area contributed by atoms with E-state index in [-0.39, 0.29) is 5.95 Å². The van der Waals surface area contributed by atoms with Gasteiger partial charge in [-0.1, -0.05) is 6.07 Å². The summed E-state index contributed by atoms with van der Waals surface area (Å²) in [7, 11) is 1.66. The number of nitrogens with zero attached hydrogens (tertiary/aromatic N) is 4. The zero-order chi connectivity index (χ0) is 19.5. The molecule has 0 unspecified atom stereocenters. The van der Waals surface area contributed by atoms with Crippen molar-refractivity contribution in [2.45, 2.75) is 27.7 Å². The van der Waals surface area contributed by atoms with E-state index in [4.69, 9.17) is 21.2 Å². The fraction of sp³-hybridized carbons (Fsp3) is 0.250. The number of rotatable bonds is 2. The molecule has 7 heteroatoms. The number of pyridine rings is 1. The summed E-state index contributed by atoms with van der Waals surface area (Å²) in [6, 6.07) is 6.06. The van der Waals surface area contributed by atoms with Crippen LogP contribution in [0.25, 0.3) is 27.8 Å². The van der Waals surface area contributed by atoms with E-state index in [1.54, 1.807) is 7.11 Å². The minimum Gasteiger partial charge on any atom is -0.496 e. The molecule has 4 N–H and O–H groups in total. The van der Waals surface area contributed by atoms with Crippen molar-refractivity contribution in [3.05, 3.63) is 40.6 Å². The van der Waals surface area contributed by atoms with Crippen LogP contribution in [-0.2, 0) is 0 Å². The minimum atomic E-state index is 0.135. The Morgan fingerprint density at radius 1 is 0.926 bits per heavy atom. The van der Waals surface area contributed by atoms with Crippen molar-refractivity contribution in [1.82, 2.24) is 19.5 Å². The Morgan fingerprint density at radius 3 is 2.37 bits per heavy atom. The van der Waals surface area contributed by atoms with Crippen LogP contribution in [0, 0.1) is 27.7 Å². The third-order valence-corrected chi connectivity index (χ3v) is 5.10. The lowest BCUT2D eigenvalue weighted by molar-refractivity contribution is 0.411. The molecule has 0 spiro atoms. The summed E-state index contributed by atoms with van der Waals surface area (Å²) in [5.74, 6) is 1.28. The van der Waals surface area contributed by atoms with Crippen LogP contribution in [0.1, 0.15) is 22.4 Å². The maximum absolute atomic E-state index is 6.24. The fourth-order valence-corrected chi connectivity index (χ4v) is 3.65. The molecule has 138 valence electrons. The summed E-state index contributed by atoms with van der Waals surface area (Å²) in [5.41, 5.74) is 18.6. The average Bonchev–Trinajstić information content (AvgIpc) is 2.89. The molecule has 0 aliphatic carbocycles. The van der Waals surface area contributed by atoms with Gasteiger partial charge in [-0.25, -0.2) is 4.98 Å². The zero-order valence-corrected chi connectivity index (χ0v) is 16.1. The molecule has 27 heavy (non-hydrogen) atoms. The molecule has 0 saturated carbocycles. The first-order valence-electron chi connectivity index (χ1n) is 8.69. The van der Waals surface area contributed by atoms with E-state index < -0.39 is 0 Å². The number of ether oxygens (including phenoxy) is 1. The number of anilines is 2. The van der Waals surface area contributed by atoms with Crippen LogP contribution in [0.5, 0.6) is 5.75 Å². The Bertz CT molecular complexity index is 1230. The van der Waals surface area contributed by atoms with E-state index >= 15 is 0 Å². The second-order valence-corrected chi connectivity index (χ2v) is 6.82. The van der Waals surface area contributed by atoms with Crippen molar-refractivity contribution < 1.29 is 4.74 Å². The van der Waals surface area contributed by atoms with Gasteiger partial charge in [-0.15, -0.1) is 0 Å². The summed E-state index contributed by atoms with van der Waals surface area (Å²) in [6.07, 6.45) is 0. The number of benzene rings is 1. The first-order chi connectivity index (χ1) is 12.8. The SMILES string of the molecule is COc1ccc(C)c(-n2c3nc(C)c(C)cc3c3c(N)nc(N)nc32)c1C. The van der Waals surface area contributed by atoms with Crippen LogP contribution in [0.3, 0.4) is 0 Å². The molecule has 0 fully saturated rings. The van der Waals surface area contributed by atoms with E-state index in [1.807, 2.05) is 44.4 Å². The van der Waals surface area contributed by atoms with Crippen molar-refractivity contribution in [1.29, 1.82) is 0 Å². The summed E-state index contributed by atoms with van der Waals surface area (Å²) < 4.78 is 7.55. The van der Waals surface area contributed by atoms with Gasteiger partial charge in [0, 0.05) is 16.6 Å². The highest BCUT2D eigenvalue weighted by Crippen LogP contribution is 2.37. The maximum Gasteiger partial charge on any atom is 0.224 e.